The van der Waals surface area contributed by atoms with Gasteiger partial charge in [0.2, 0.25) is 5.91 Å². The van der Waals surface area contributed by atoms with Crippen molar-refractivity contribution < 1.29 is 14.3 Å². The van der Waals surface area contributed by atoms with E-state index < -0.39 is 0 Å². The lowest BCUT2D eigenvalue weighted by Gasteiger charge is -2.18. The standard InChI is InChI=1S/C14H19NO3S/c1-4-18-14(17)12-10-7-8(2)5-6-11(10)19-13(12)15-9(3)16/h8H,4-7H2,1-3H3,(H,15,16)/t8-/m0/s1. The minimum Gasteiger partial charge on any atom is -0.462 e. The number of rotatable bonds is 3. The van der Waals surface area contributed by atoms with Gasteiger partial charge in [0, 0.05) is 11.8 Å². The summed E-state index contributed by atoms with van der Waals surface area (Å²) in [6.07, 6.45) is 3.00. The van der Waals surface area contributed by atoms with Gasteiger partial charge in [-0.25, -0.2) is 4.79 Å². The van der Waals surface area contributed by atoms with E-state index in [2.05, 4.69) is 12.2 Å². The van der Waals surface area contributed by atoms with E-state index in [0.29, 0.717) is 23.1 Å². The Morgan fingerprint density at radius 1 is 1.47 bits per heavy atom. The highest BCUT2D eigenvalue weighted by Gasteiger charge is 2.28. The monoisotopic (exact) mass is 281 g/mol. The molecule has 0 unspecified atom stereocenters. The molecule has 0 radical (unpaired) electrons. The van der Waals surface area contributed by atoms with Crippen LogP contribution in [0.3, 0.4) is 0 Å². The molecule has 4 nitrogen and oxygen atoms in total. The molecule has 1 heterocycles. The predicted octanol–water partition coefficient (Wildman–Crippen LogP) is 3.01. The van der Waals surface area contributed by atoms with Crippen LogP contribution in [0.15, 0.2) is 0 Å². The average Bonchev–Trinajstić information content (AvgIpc) is 2.65. The van der Waals surface area contributed by atoms with Gasteiger partial charge in [0.1, 0.15) is 5.00 Å². The van der Waals surface area contributed by atoms with Crippen molar-refractivity contribution in [1.82, 2.24) is 0 Å². The van der Waals surface area contributed by atoms with E-state index in [1.54, 1.807) is 6.92 Å². The van der Waals surface area contributed by atoms with Crippen LogP contribution in [0.1, 0.15) is 48.0 Å². The molecule has 5 heteroatoms. The summed E-state index contributed by atoms with van der Waals surface area (Å²) in [5.41, 5.74) is 1.65. The smallest absolute Gasteiger partial charge is 0.341 e. The Balaban J connectivity index is 2.43. The van der Waals surface area contributed by atoms with E-state index in [9.17, 15) is 9.59 Å². The summed E-state index contributed by atoms with van der Waals surface area (Å²) < 4.78 is 5.13. The van der Waals surface area contributed by atoms with Crippen molar-refractivity contribution in [2.45, 2.75) is 40.0 Å². The molecule has 0 aliphatic heterocycles. The Morgan fingerprint density at radius 3 is 2.84 bits per heavy atom. The van der Waals surface area contributed by atoms with Crippen molar-refractivity contribution in [2.75, 3.05) is 11.9 Å². The van der Waals surface area contributed by atoms with E-state index in [-0.39, 0.29) is 11.9 Å². The highest BCUT2D eigenvalue weighted by molar-refractivity contribution is 7.17. The second-order valence-corrected chi connectivity index (χ2v) is 6.06. The second kappa shape index (κ2) is 5.74. The number of hydrogen-bond donors (Lipinski definition) is 1. The highest BCUT2D eigenvalue weighted by atomic mass is 32.1. The first-order valence-electron chi connectivity index (χ1n) is 6.62. The second-order valence-electron chi connectivity index (χ2n) is 4.96. The van der Waals surface area contributed by atoms with Crippen LogP contribution in [-0.4, -0.2) is 18.5 Å². The van der Waals surface area contributed by atoms with Gasteiger partial charge in [0.25, 0.3) is 0 Å². The normalized spacial score (nSPS) is 17.7. The topological polar surface area (TPSA) is 55.4 Å². The Morgan fingerprint density at radius 2 is 2.21 bits per heavy atom. The van der Waals surface area contributed by atoms with Gasteiger partial charge in [0.15, 0.2) is 0 Å². The molecule has 0 bridgehead atoms. The van der Waals surface area contributed by atoms with Gasteiger partial charge >= 0.3 is 5.97 Å². The molecule has 1 aliphatic rings. The summed E-state index contributed by atoms with van der Waals surface area (Å²) in [6.45, 7) is 5.78. The van der Waals surface area contributed by atoms with Crippen LogP contribution in [0.4, 0.5) is 5.00 Å². The van der Waals surface area contributed by atoms with Gasteiger partial charge in [-0.05, 0) is 37.7 Å². The van der Waals surface area contributed by atoms with Crippen LogP contribution in [0.25, 0.3) is 0 Å². The molecule has 2 rings (SSSR count). The van der Waals surface area contributed by atoms with Crippen LogP contribution in [0.5, 0.6) is 0 Å². The lowest BCUT2D eigenvalue weighted by molar-refractivity contribution is -0.114. The van der Waals surface area contributed by atoms with Gasteiger partial charge < -0.3 is 10.1 Å². The number of fused-ring (bicyclic) bond motifs is 1. The molecule has 1 amide bonds. The third-order valence-corrected chi connectivity index (χ3v) is 4.48. The lowest BCUT2D eigenvalue weighted by atomic mass is 9.88. The number of aryl methyl sites for hydroxylation is 1. The summed E-state index contributed by atoms with van der Waals surface area (Å²) >= 11 is 1.51. The number of carbonyl (C=O) groups excluding carboxylic acids is 2. The van der Waals surface area contributed by atoms with Gasteiger partial charge in [-0.1, -0.05) is 6.92 Å². The summed E-state index contributed by atoms with van der Waals surface area (Å²) in [7, 11) is 0. The molecule has 19 heavy (non-hydrogen) atoms. The molecule has 0 aromatic carbocycles. The number of amides is 1. The maximum atomic E-state index is 12.1. The molecule has 0 saturated carbocycles. The van der Waals surface area contributed by atoms with Crippen molar-refractivity contribution in [3.63, 3.8) is 0 Å². The Bertz CT molecular complexity index is 507. The zero-order valence-corrected chi connectivity index (χ0v) is 12.4. The van der Waals surface area contributed by atoms with Crippen LogP contribution in [0.2, 0.25) is 0 Å². The average molecular weight is 281 g/mol. The third-order valence-electron chi connectivity index (χ3n) is 3.28. The first kappa shape index (κ1) is 14.1. The highest BCUT2D eigenvalue weighted by Crippen LogP contribution is 2.39. The quantitative estimate of drug-likeness (QED) is 0.866. The SMILES string of the molecule is CCOC(=O)c1c(NC(C)=O)sc2c1C[C@@H](C)CC2. The summed E-state index contributed by atoms with van der Waals surface area (Å²) in [4.78, 5) is 24.6. The number of esters is 1. The number of hydrogen-bond acceptors (Lipinski definition) is 4. The fourth-order valence-electron chi connectivity index (χ4n) is 2.43. The summed E-state index contributed by atoms with van der Waals surface area (Å²) in [5.74, 6) is 0.0931. The van der Waals surface area contributed by atoms with Gasteiger partial charge in [0.05, 0.1) is 12.2 Å². The minimum atomic E-state index is -0.321. The lowest BCUT2D eigenvalue weighted by Crippen LogP contribution is -2.16. The molecular formula is C14H19NO3S. The molecule has 104 valence electrons. The number of thiophene rings is 1. The maximum absolute atomic E-state index is 12.1. The largest absolute Gasteiger partial charge is 0.462 e. The van der Waals surface area contributed by atoms with Crippen molar-refractivity contribution in [3.05, 3.63) is 16.0 Å². The summed E-state index contributed by atoms with van der Waals surface area (Å²) in [5, 5.41) is 3.41. The minimum absolute atomic E-state index is 0.155. The summed E-state index contributed by atoms with van der Waals surface area (Å²) in [6, 6.07) is 0. The van der Waals surface area contributed by atoms with Gasteiger partial charge in [-0.3, -0.25) is 4.79 Å². The molecule has 1 aromatic rings. The van der Waals surface area contributed by atoms with Crippen molar-refractivity contribution in [2.24, 2.45) is 5.92 Å². The molecule has 1 N–H and O–H groups in total. The first-order chi connectivity index (χ1) is 9.02. The number of ether oxygens (including phenoxy) is 1. The molecule has 0 spiro atoms. The fraction of sp³-hybridized carbons (Fsp3) is 0.571. The molecule has 1 atom stereocenters. The van der Waals surface area contributed by atoms with E-state index in [1.807, 2.05) is 0 Å². The molecular weight excluding hydrogens is 262 g/mol. The molecule has 0 saturated heterocycles. The maximum Gasteiger partial charge on any atom is 0.341 e. The van der Waals surface area contributed by atoms with Crippen LogP contribution < -0.4 is 5.32 Å². The van der Waals surface area contributed by atoms with Gasteiger partial charge in [-0.15, -0.1) is 11.3 Å². The fourth-order valence-corrected chi connectivity index (χ4v) is 3.70. The van der Waals surface area contributed by atoms with Crippen molar-refractivity contribution in [1.29, 1.82) is 0 Å². The van der Waals surface area contributed by atoms with E-state index in [0.717, 1.165) is 24.8 Å². The van der Waals surface area contributed by atoms with Crippen LogP contribution in [-0.2, 0) is 22.4 Å². The van der Waals surface area contributed by atoms with E-state index >= 15 is 0 Å². The predicted molar refractivity (Wildman–Crippen MR) is 75.8 cm³/mol. The number of nitrogens with one attached hydrogen (secondary N) is 1. The molecule has 1 aromatic heterocycles. The Labute approximate surface area is 117 Å². The van der Waals surface area contributed by atoms with Crippen LogP contribution >= 0.6 is 11.3 Å². The number of carbonyl (C=O) groups is 2. The first-order valence-corrected chi connectivity index (χ1v) is 7.43. The van der Waals surface area contributed by atoms with E-state index in [4.69, 9.17) is 4.74 Å². The van der Waals surface area contributed by atoms with Gasteiger partial charge in [-0.2, -0.15) is 0 Å². The zero-order chi connectivity index (χ0) is 14.0. The van der Waals surface area contributed by atoms with Crippen molar-refractivity contribution in [3.8, 4) is 0 Å². The Hall–Kier alpha value is -1.36. The van der Waals surface area contributed by atoms with E-state index in [1.165, 1.54) is 23.1 Å². The number of anilines is 1. The zero-order valence-electron chi connectivity index (χ0n) is 11.5. The Kier molecular flexibility index (Phi) is 4.24. The van der Waals surface area contributed by atoms with Crippen LogP contribution in [0, 0.1) is 5.92 Å². The molecule has 1 aliphatic carbocycles. The van der Waals surface area contributed by atoms with Crippen molar-refractivity contribution >= 4 is 28.2 Å². The third kappa shape index (κ3) is 2.97. The molecule has 0 fully saturated rings.